The van der Waals surface area contributed by atoms with E-state index >= 15 is 0 Å². The molecule has 0 bridgehead atoms. The standard InChI is InChI=1S/C20H25F3N4O/c1-15-12-16(2)27(24-15)7-6-19(28)26-10-8-25(9-11-26)14-17-4-3-5-18(13-17)20(21,22)23/h3-5,12-13H,6-11,14H2,1-2H3. The van der Waals surface area contributed by atoms with Crippen molar-refractivity contribution in [3.8, 4) is 0 Å². The molecule has 2 aromatic rings. The lowest BCUT2D eigenvalue weighted by Crippen LogP contribution is -2.48. The summed E-state index contributed by atoms with van der Waals surface area (Å²) in [6, 6.07) is 7.42. The van der Waals surface area contributed by atoms with E-state index in [1.165, 1.54) is 12.1 Å². The number of piperazine rings is 1. The Morgan fingerprint density at radius 3 is 2.43 bits per heavy atom. The van der Waals surface area contributed by atoms with Crippen LogP contribution in [-0.4, -0.2) is 51.7 Å². The molecule has 0 spiro atoms. The number of amides is 1. The third-order valence-corrected chi connectivity index (χ3v) is 5.03. The minimum Gasteiger partial charge on any atom is -0.340 e. The molecule has 0 saturated carbocycles. The van der Waals surface area contributed by atoms with Crippen molar-refractivity contribution in [3.63, 3.8) is 0 Å². The van der Waals surface area contributed by atoms with Gasteiger partial charge in [-0.2, -0.15) is 18.3 Å². The SMILES string of the molecule is Cc1cc(C)n(CCC(=O)N2CCN(Cc3cccc(C(F)(F)F)c3)CC2)n1. The summed E-state index contributed by atoms with van der Waals surface area (Å²) < 4.78 is 40.4. The Labute approximate surface area is 162 Å². The van der Waals surface area contributed by atoms with Crippen LogP contribution in [0, 0.1) is 13.8 Å². The van der Waals surface area contributed by atoms with Crippen molar-refractivity contribution >= 4 is 5.91 Å². The Kier molecular flexibility index (Phi) is 6.07. The lowest BCUT2D eigenvalue weighted by Gasteiger charge is -2.35. The summed E-state index contributed by atoms with van der Waals surface area (Å²) >= 11 is 0. The van der Waals surface area contributed by atoms with Crippen LogP contribution in [0.15, 0.2) is 30.3 Å². The number of benzene rings is 1. The molecule has 1 aromatic heterocycles. The predicted octanol–water partition coefficient (Wildman–Crippen LogP) is 3.25. The van der Waals surface area contributed by atoms with Gasteiger partial charge in [-0.15, -0.1) is 0 Å². The molecule has 3 rings (SSSR count). The second kappa shape index (κ2) is 8.34. The fourth-order valence-corrected chi connectivity index (χ4v) is 3.52. The molecule has 1 saturated heterocycles. The number of aromatic nitrogens is 2. The molecule has 0 unspecified atom stereocenters. The molecule has 0 radical (unpaired) electrons. The van der Waals surface area contributed by atoms with E-state index in [0.717, 1.165) is 17.5 Å². The second-order valence-corrected chi connectivity index (χ2v) is 7.26. The van der Waals surface area contributed by atoms with Gasteiger partial charge in [-0.3, -0.25) is 14.4 Å². The third-order valence-electron chi connectivity index (χ3n) is 5.03. The van der Waals surface area contributed by atoms with Gasteiger partial charge in [-0.25, -0.2) is 0 Å². The molecule has 8 heteroatoms. The summed E-state index contributed by atoms with van der Waals surface area (Å²) in [5, 5.41) is 4.37. The zero-order valence-electron chi connectivity index (χ0n) is 16.2. The molecule has 1 aliphatic rings. The fourth-order valence-electron chi connectivity index (χ4n) is 3.52. The first-order chi connectivity index (χ1) is 13.2. The second-order valence-electron chi connectivity index (χ2n) is 7.26. The maximum atomic E-state index is 12.8. The first-order valence-corrected chi connectivity index (χ1v) is 9.40. The molecule has 152 valence electrons. The van der Waals surface area contributed by atoms with Crippen LogP contribution in [0.4, 0.5) is 13.2 Å². The first-order valence-electron chi connectivity index (χ1n) is 9.40. The number of alkyl halides is 3. The molecular formula is C20H25F3N4O. The Morgan fingerprint density at radius 2 is 1.82 bits per heavy atom. The van der Waals surface area contributed by atoms with E-state index < -0.39 is 11.7 Å². The summed E-state index contributed by atoms with van der Waals surface area (Å²) in [5.74, 6) is 0.0891. The van der Waals surface area contributed by atoms with Gasteiger partial charge >= 0.3 is 6.18 Å². The molecule has 1 aliphatic heterocycles. The molecule has 2 heterocycles. The van der Waals surface area contributed by atoms with Crippen LogP contribution in [0.1, 0.15) is 28.9 Å². The monoisotopic (exact) mass is 394 g/mol. The predicted molar refractivity (Wildman–Crippen MR) is 99.6 cm³/mol. The van der Waals surface area contributed by atoms with Crippen LogP contribution in [-0.2, 0) is 24.1 Å². The maximum absolute atomic E-state index is 12.8. The van der Waals surface area contributed by atoms with Crippen molar-refractivity contribution < 1.29 is 18.0 Å². The summed E-state index contributed by atoms with van der Waals surface area (Å²) in [5.41, 5.74) is 1.99. The van der Waals surface area contributed by atoms with Crippen LogP contribution >= 0.6 is 0 Å². The normalized spacial score (nSPS) is 15.8. The highest BCUT2D eigenvalue weighted by Gasteiger charge is 2.30. The number of carbonyl (C=O) groups is 1. The van der Waals surface area contributed by atoms with E-state index in [9.17, 15) is 18.0 Å². The minimum absolute atomic E-state index is 0.0891. The zero-order valence-corrected chi connectivity index (χ0v) is 16.2. The quantitative estimate of drug-likeness (QED) is 0.782. The van der Waals surface area contributed by atoms with Crippen molar-refractivity contribution in [1.29, 1.82) is 0 Å². The Hall–Kier alpha value is -2.35. The van der Waals surface area contributed by atoms with Crippen molar-refractivity contribution in [2.24, 2.45) is 0 Å². The molecule has 1 aromatic carbocycles. The Morgan fingerprint density at radius 1 is 1.11 bits per heavy atom. The third kappa shape index (κ3) is 5.13. The molecule has 0 atom stereocenters. The Balaban J connectivity index is 1.48. The summed E-state index contributed by atoms with van der Waals surface area (Å²) in [7, 11) is 0. The number of aryl methyl sites for hydroxylation is 3. The van der Waals surface area contributed by atoms with Gasteiger partial charge in [-0.1, -0.05) is 18.2 Å². The number of hydrogen-bond acceptors (Lipinski definition) is 3. The molecule has 0 N–H and O–H groups in total. The number of rotatable bonds is 5. The maximum Gasteiger partial charge on any atom is 0.416 e. The van der Waals surface area contributed by atoms with Gasteiger partial charge in [0.15, 0.2) is 0 Å². The summed E-state index contributed by atoms with van der Waals surface area (Å²) in [4.78, 5) is 16.4. The van der Waals surface area contributed by atoms with E-state index in [-0.39, 0.29) is 5.91 Å². The van der Waals surface area contributed by atoms with E-state index in [1.807, 2.05) is 29.5 Å². The smallest absolute Gasteiger partial charge is 0.340 e. The molecule has 28 heavy (non-hydrogen) atoms. The van der Waals surface area contributed by atoms with Crippen molar-refractivity contribution in [2.45, 2.75) is 39.5 Å². The van der Waals surface area contributed by atoms with Gasteiger partial charge in [0.05, 0.1) is 11.3 Å². The number of hydrogen-bond donors (Lipinski definition) is 0. The summed E-state index contributed by atoms with van der Waals surface area (Å²) in [6.45, 7) is 7.40. The lowest BCUT2D eigenvalue weighted by molar-refractivity contribution is -0.137. The van der Waals surface area contributed by atoms with Crippen LogP contribution < -0.4 is 0 Å². The van der Waals surface area contributed by atoms with Crippen molar-refractivity contribution in [2.75, 3.05) is 26.2 Å². The molecular weight excluding hydrogens is 369 g/mol. The molecule has 1 fully saturated rings. The highest BCUT2D eigenvalue weighted by Crippen LogP contribution is 2.29. The first kappa shape index (κ1) is 20.4. The molecule has 0 aliphatic carbocycles. The number of nitrogens with zero attached hydrogens (tertiary/aromatic N) is 4. The van der Waals surface area contributed by atoms with Crippen LogP contribution in [0.5, 0.6) is 0 Å². The van der Waals surface area contributed by atoms with E-state index in [1.54, 1.807) is 6.07 Å². The zero-order chi connectivity index (χ0) is 20.3. The lowest BCUT2D eigenvalue weighted by atomic mass is 10.1. The summed E-state index contributed by atoms with van der Waals surface area (Å²) in [6.07, 6.45) is -3.93. The van der Waals surface area contributed by atoms with E-state index in [2.05, 4.69) is 10.00 Å². The van der Waals surface area contributed by atoms with Gasteiger partial charge in [0.25, 0.3) is 0 Å². The largest absolute Gasteiger partial charge is 0.416 e. The topological polar surface area (TPSA) is 41.4 Å². The number of halogens is 3. The minimum atomic E-state index is -4.33. The van der Waals surface area contributed by atoms with Crippen molar-refractivity contribution in [1.82, 2.24) is 19.6 Å². The van der Waals surface area contributed by atoms with Crippen LogP contribution in [0.25, 0.3) is 0 Å². The van der Waals surface area contributed by atoms with Gasteiger partial charge in [-0.05, 0) is 31.5 Å². The highest BCUT2D eigenvalue weighted by molar-refractivity contribution is 5.76. The van der Waals surface area contributed by atoms with Gasteiger partial charge in [0.2, 0.25) is 5.91 Å². The average Bonchev–Trinajstić information content (AvgIpc) is 2.97. The van der Waals surface area contributed by atoms with Crippen molar-refractivity contribution in [3.05, 3.63) is 52.8 Å². The van der Waals surface area contributed by atoms with E-state index in [0.29, 0.717) is 51.3 Å². The van der Waals surface area contributed by atoms with Gasteiger partial charge in [0.1, 0.15) is 0 Å². The fraction of sp³-hybridized carbons (Fsp3) is 0.500. The van der Waals surface area contributed by atoms with Gasteiger partial charge < -0.3 is 4.90 Å². The number of carbonyl (C=O) groups excluding carboxylic acids is 1. The molecule has 1 amide bonds. The molecule has 5 nitrogen and oxygen atoms in total. The van der Waals surface area contributed by atoms with Crippen LogP contribution in [0.3, 0.4) is 0 Å². The Bertz CT molecular complexity index is 823. The van der Waals surface area contributed by atoms with Crippen LogP contribution in [0.2, 0.25) is 0 Å². The average molecular weight is 394 g/mol. The highest BCUT2D eigenvalue weighted by atomic mass is 19.4. The van der Waals surface area contributed by atoms with E-state index in [4.69, 9.17) is 0 Å². The van der Waals surface area contributed by atoms with Gasteiger partial charge in [0, 0.05) is 51.4 Å².